The predicted octanol–water partition coefficient (Wildman–Crippen LogP) is 4.90. The molecule has 29 heavy (non-hydrogen) atoms. The van der Waals surface area contributed by atoms with Gasteiger partial charge in [-0.2, -0.15) is 0 Å². The molecule has 2 aromatic carbocycles. The molecule has 152 valence electrons. The molecule has 3 rings (SSSR count). The van der Waals surface area contributed by atoms with Crippen molar-refractivity contribution in [3.05, 3.63) is 54.1 Å². The number of benzene rings is 2. The third-order valence-electron chi connectivity index (χ3n) is 4.27. The molecule has 6 nitrogen and oxygen atoms in total. The van der Waals surface area contributed by atoms with Gasteiger partial charge in [-0.15, -0.1) is 5.10 Å². The maximum atomic E-state index is 12.2. The van der Waals surface area contributed by atoms with Crippen LogP contribution in [0.2, 0.25) is 0 Å². The number of nitrogens with one attached hydrogen (secondary N) is 2. The van der Waals surface area contributed by atoms with Crippen molar-refractivity contribution >= 4 is 23.4 Å². The second-order valence-corrected chi connectivity index (χ2v) is 8.53. The zero-order valence-corrected chi connectivity index (χ0v) is 18.0. The van der Waals surface area contributed by atoms with Crippen LogP contribution in [0, 0.1) is 0 Å². The number of anilines is 1. The third kappa shape index (κ3) is 5.84. The van der Waals surface area contributed by atoms with Crippen molar-refractivity contribution in [3.8, 4) is 17.1 Å². The molecule has 7 heteroatoms. The Hall–Kier alpha value is -2.80. The van der Waals surface area contributed by atoms with Crippen LogP contribution in [0.4, 0.5) is 5.69 Å². The van der Waals surface area contributed by atoms with Crippen molar-refractivity contribution in [3.63, 3.8) is 0 Å². The number of hydrogen-bond donors (Lipinski definition) is 2. The SMILES string of the molecule is CCOc1ccc(NC(=O)CSc2n[nH]c(-c3ccc(C(C)(C)C)cc3)n2)cc1. The van der Waals surface area contributed by atoms with Crippen LogP contribution >= 0.6 is 11.8 Å². The second-order valence-electron chi connectivity index (χ2n) is 7.59. The van der Waals surface area contributed by atoms with Crippen molar-refractivity contribution in [2.24, 2.45) is 0 Å². The number of H-pyrrole nitrogens is 1. The molecule has 2 N–H and O–H groups in total. The molecular formula is C22H26N4O2S. The van der Waals surface area contributed by atoms with Crippen LogP contribution in [0.15, 0.2) is 53.7 Å². The van der Waals surface area contributed by atoms with E-state index in [9.17, 15) is 4.79 Å². The Morgan fingerprint density at radius 3 is 2.41 bits per heavy atom. The predicted molar refractivity (Wildman–Crippen MR) is 117 cm³/mol. The van der Waals surface area contributed by atoms with Crippen molar-refractivity contribution < 1.29 is 9.53 Å². The number of hydrogen-bond acceptors (Lipinski definition) is 5. The normalized spacial score (nSPS) is 11.3. The quantitative estimate of drug-likeness (QED) is 0.542. The molecule has 0 aliphatic heterocycles. The monoisotopic (exact) mass is 410 g/mol. The van der Waals surface area contributed by atoms with E-state index in [1.807, 2.05) is 43.3 Å². The summed E-state index contributed by atoms with van der Waals surface area (Å²) >= 11 is 1.29. The number of thioether (sulfide) groups is 1. The summed E-state index contributed by atoms with van der Waals surface area (Å²) in [4.78, 5) is 16.7. The molecule has 0 aliphatic rings. The fraction of sp³-hybridized carbons (Fsp3) is 0.318. The topological polar surface area (TPSA) is 79.9 Å². The largest absolute Gasteiger partial charge is 0.494 e. The molecule has 0 bridgehead atoms. The molecule has 0 atom stereocenters. The van der Waals surface area contributed by atoms with Gasteiger partial charge in [-0.1, -0.05) is 56.8 Å². The third-order valence-corrected chi connectivity index (χ3v) is 5.12. The van der Waals surface area contributed by atoms with Gasteiger partial charge in [0.05, 0.1) is 12.4 Å². The first-order valence-electron chi connectivity index (χ1n) is 9.54. The van der Waals surface area contributed by atoms with Crippen LogP contribution in [-0.4, -0.2) is 33.4 Å². The second kappa shape index (κ2) is 9.13. The number of carbonyl (C=O) groups is 1. The summed E-state index contributed by atoms with van der Waals surface area (Å²) in [5, 5.41) is 10.6. The number of amides is 1. The Labute approximate surface area is 175 Å². The Balaban J connectivity index is 1.54. The van der Waals surface area contributed by atoms with E-state index in [0.29, 0.717) is 17.6 Å². The molecule has 1 amide bonds. The van der Waals surface area contributed by atoms with Gasteiger partial charge in [0.15, 0.2) is 5.82 Å². The lowest BCUT2D eigenvalue weighted by Crippen LogP contribution is -2.14. The van der Waals surface area contributed by atoms with E-state index < -0.39 is 0 Å². The Kier molecular flexibility index (Phi) is 6.59. The number of nitrogens with zero attached hydrogens (tertiary/aromatic N) is 2. The van der Waals surface area contributed by atoms with Gasteiger partial charge in [-0.25, -0.2) is 4.98 Å². The minimum absolute atomic E-state index is 0.109. The van der Waals surface area contributed by atoms with Crippen LogP contribution in [0.25, 0.3) is 11.4 Å². The van der Waals surface area contributed by atoms with Crippen LogP contribution in [0.3, 0.4) is 0 Å². The highest BCUT2D eigenvalue weighted by atomic mass is 32.2. The first-order chi connectivity index (χ1) is 13.8. The molecule has 0 radical (unpaired) electrons. The first-order valence-corrected chi connectivity index (χ1v) is 10.5. The lowest BCUT2D eigenvalue weighted by atomic mass is 9.87. The van der Waals surface area contributed by atoms with Crippen LogP contribution in [0.1, 0.15) is 33.3 Å². The number of ether oxygens (including phenoxy) is 1. The molecule has 0 aliphatic carbocycles. The van der Waals surface area contributed by atoms with Gasteiger partial charge in [-0.3, -0.25) is 9.89 Å². The lowest BCUT2D eigenvalue weighted by molar-refractivity contribution is -0.113. The highest BCUT2D eigenvalue weighted by molar-refractivity contribution is 7.99. The molecule has 0 unspecified atom stereocenters. The number of aromatic nitrogens is 3. The number of aromatic amines is 1. The molecular weight excluding hydrogens is 384 g/mol. The van der Waals surface area contributed by atoms with E-state index in [4.69, 9.17) is 4.74 Å². The van der Waals surface area contributed by atoms with Crippen molar-refractivity contribution in [2.45, 2.75) is 38.3 Å². The van der Waals surface area contributed by atoms with Crippen LogP contribution < -0.4 is 10.1 Å². The van der Waals surface area contributed by atoms with Crippen molar-refractivity contribution in [1.29, 1.82) is 0 Å². The van der Waals surface area contributed by atoms with E-state index in [2.05, 4.69) is 53.4 Å². The van der Waals surface area contributed by atoms with Gasteiger partial charge in [0.1, 0.15) is 5.75 Å². The fourth-order valence-corrected chi connectivity index (χ4v) is 3.29. The van der Waals surface area contributed by atoms with E-state index in [0.717, 1.165) is 17.0 Å². The number of carbonyl (C=O) groups excluding carboxylic acids is 1. The van der Waals surface area contributed by atoms with Crippen molar-refractivity contribution in [2.75, 3.05) is 17.7 Å². The highest BCUT2D eigenvalue weighted by Gasteiger charge is 2.14. The number of rotatable bonds is 7. The first kappa shape index (κ1) is 20.9. The zero-order valence-electron chi connectivity index (χ0n) is 17.2. The average Bonchev–Trinajstić information content (AvgIpc) is 3.17. The fourth-order valence-electron chi connectivity index (χ4n) is 2.70. The van der Waals surface area contributed by atoms with Gasteiger partial charge < -0.3 is 10.1 Å². The summed E-state index contributed by atoms with van der Waals surface area (Å²) in [5.74, 6) is 1.59. The van der Waals surface area contributed by atoms with Crippen LogP contribution in [0.5, 0.6) is 5.75 Å². The lowest BCUT2D eigenvalue weighted by Gasteiger charge is -2.18. The maximum Gasteiger partial charge on any atom is 0.234 e. The van der Waals surface area contributed by atoms with Crippen molar-refractivity contribution in [1.82, 2.24) is 15.2 Å². The van der Waals surface area contributed by atoms with E-state index in [-0.39, 0.29) is 17.1 Å². The smallest absolute Gasteiger partial charge is 0.234 e. The molecule has 3 aromatic rings. The summed E-state index contributed by atoms with van der Waals surface area (Å²) in [6, 6.07) is 15.6. The Morgan fingerprint density at radius 1 is 1.10 bits per heavy atom. The molecule has 0 spiro atoms. The summed E-state index contributed by atoms with van der Waals surface area (Å²) in [7, 11) is 0. The molecule has 1 aromatic heterocycles. The van der Waals surface area contributed by atoms with Gasteiger partial charge in [-0.05, 0) is 42.2 Å². The standard InChI is InChI=1S/C22H26N4O2S/c1-5-28-18-12-10-17(11-13-18)23-19(27)14-29-21-24-20(25-26-21)15-6-8-16(9-7-15)22(2,3)4/h6-13H,5,14H2,1-4H3,(H,23,27)(H,24,25,26). The van der Waals surface area contributed by atoms with E-state index in [1.54, 1.807) is 0 Å². The van der Waals surface area contributed by atoms with E-state index in [1.165, 1.54) is 17.3 Å². The minimum atomic E-state index is -0.111. The maximum absolute atomic E-state index is 12.2. The molecule has 1 heterocycles. The van der Waals surface area contributed by atoms with Gasteiger partial charge in [0, 0.05) is 11.3 Å². The van der Waals surface area contributed by atoms with E-state index >= 15 is 0 Å². The Bertz CT molecular complexity index is 944. The van der Waals surface area contributed by atoms with Crippen LogP contribution in [-0.2, 0) is 10.2 Å². The average molecular weight is 411 g/mol. The summed E-state index contributed by atoms with van der Waals surface area (Å²) in [6.07, 6.45) is 0. The molecule has 0 saturated carbocycles. The van der Waals surface area contributed by atoms with Gasteiger partial charge in [0.25, 0.3) is 0 Å². The summed E-state index contributed by atoms with van der Waals surface area (Å²) in [5.41, 5.74) is 3.07. The zero-order chi connectivity index (χ0) is 20.9. The minimum Gasteiger partial charge on any atom is -0.494 e. The summed E-state index contributed by atoms with van der Waals surface area (Å²) in [6.45, 7) is 9.10. The Morgan fingerprint density at radius 2 is 1.79 bits per heavy atom. The van der Waals surface area contributed by atoms with Gasteiger partial charge >= 0.3 is 0 Å². The molecule has 0 fully saturated rings. The highest BCUT2D eigenvalue weighted by Crippen LogP contribution is 2.25. The summed E-state index contributed by atoms with van der Waals surface area (Å²) < 4.78 is 5.40. The molecule has 0 saturated heterocycles. The van der Waals surface area contributed by atoms with Gasteiger partial charge in [0.2, 0.25) is 11.1 Å².